The lowest BCUT2D eigenvalue weighted by Gasteiger charge is -2.09. The monoisotopic (exact) mass is 273 g/mol. The standard InChI is InChI=1S/C10H9BrClNO/c1-14-10-7(3-2-6-13)4-5-8(11)9(10)12/h4-5H,2-3H2,1H3. The van der Waals surface area contributed by atoms with Gasteiger partial charge in [-0.3, -0.25) is 0 Å². The predicted octanol–water partition coefficient (Wildman–Crippen LogP) is 3.57. The number of hydrogen-bond donors (Lipinski definition) is 0. The molecule has 1 rings (SSSR count). The van der Waals surface area contributed by atoms with Crippen LogP contribution >= 0.6 is 27.5 Å². The van der Waals surface area contributed by atoms with Crippen molar-refractivity contribution in [1.29, 1.82) is 5.26 Å². The second-order valence-electron chi connectivity index (χ2n) is 2.71. The number of hydrogen-bond acceptors (Lipinski definition) is 2. The summed E-state index contributed by atoms with van der Waals surface area (Å²) in [6.45, 7) is 0. The third-order valence-electron chi connectivity index (χ3n) is 1.84. The highest BCUT2D eigenvalue weighted by molar-refractivity contribution is 9.10. The molecule has 0 heterocycles. The van der Waals surface area contributed by atoms with Gasteiger partial charge >= 0.3 is 0 Å². The molecule has 4 heteroatoms. The highest BCUT2D eigenvalue weighted by Gasteiger charge is 2.10. The van der Waals surface area contributed by atoms with Gasteiger partial charge in [-0.15, -0.1) is 0 Å². The van der Waals surface area contributed by atoms with Crippen LogP contribution in [-0.2, 0) is 6.42 Å². The molecule has 0 fully saturated rings. The van der Waals surface area contributed by atoms with E-state index < -0.39 is 0 Å². The number of methoxy groups -OCH3 is 1. The van der Waals surface area contributed by atoms with Crippen molar-refractivity contribution < 1.29 is 4.74 Å². The normalized spacial score (nSPS) is 9.57. The third-order valence-corrected chi connectivity index (χ3v) is 3.11. The maximum Gasteiger partial charge on any atom is 0.141 e. The van der Waals surface area contributed by atoms with Gasteiger partial charge in [-0.05, 0) is 34.0 Å². The molecule has 0 aliphatic carbocycles. The second-order valence-corrected chi connectivity index (χ2v) is 3.94. The summed E-state index contributed by atoms with van der Waals surface area (Å²) in [4.78, 5) is 0. The Kier molecular flexibility index (Phi) is 4.24. The molecule has 0 N–H and O–H groups in total. The van der Waals surface area contributed by atoms with E-state index in [1.165, 1.54) is 0 Å². The molecule has 1 aromatic rings. The maximum atomic E-state index is 8.48. The molecule has 0 saturated carbocycles. The zero-order valence-corrected chi connectivity index (χ0v) is 10.0. The minimum atomic E-state index is 0.467. The van der Waals surface area contributed by atoms with Crippen LogP contribution in [0, 0.1) is 11.3 Å². The number of rotatable bonds is 3. The van der Waals surface area contributed by atoms with Gasteiger partial charge in [-0.25, -0.2) is 0 Å². The van der Waals surface area contributed by atoms with Gasteiger partial charge in [0.15, 0.2) is 0 Å². The van der Waals surface area contributed by atoms with Crippen LogP contribution < -0.4 is 4.74 Å². The average Bonchev–Trinajstić information content (AvgIpc) is 2.20. The third kappa shape index (κ3) is 2.40. The van der Waals surface area contributed by atoms with Gasteiger partial charge in [0.25, 0.3) is 0 Å². The molecular formula is C10H9BrClNO. The molecule has 0 radical (unpaired) electrons. The fraction of sp³-hybridized carbons (Fsp3) is 0.300. The highest BCUT2D eigenvalue weighted by atomic mass is 79.9. The first-order valence-corrected chi connectivity index (χ1v) is 5.25. The Labute approximate surface area is 96.6 Å². The van der Waals surface area contributed by atoms with Crippen LogP contribution in [0.4, 0.5) is 0 Å². The van der Waals surface area contributed by atoms with Crippen LogP contribution in [0.3, 0.4) is 0 Å². The Morgan fingerprint density at radius 3 is 2.86 bits per heavy atom. The van der Waals surface area contributed by atoms with Gasteiger partial charge in [0, 0.05) is 10.9 Å². The van der Waals surface area contributed by atoms with Crippen molar-refractivity contribution in [3.05, 3.63) is 27.2 Å². The number of halogens is 2. The van der Waals surface area contributed by atoms with Crippen molar-refractivity contribution >= 4 is 27.5 Å². The molecule has 0 spiro atoms. The molecule has 74 valence electrons. The Balaban J connectivity index is 3.05. The zero-order chi connectivity index (χ0) is 10.6. The fourth-order valence-corrected chi connectivity index (χ4v) is 1.75. The van der Waals surface area contributed by atoms with Crippen LogP contribution in [0.25, 0.3) is 0 Å². The molecular weight excluding hydrogens is 265 g/mol. The SMILES string of the molecule is COc1c(CCC#N)ccc(Br)c1Cl. The minimum Gasteiger partial charge on any atom is -0.495 e. The Morgan fingerprint density at radius 2 is 2.29 bits per heavy atom. The number of nitriles is 1. The van der Waals surface area contributed by atoms with E-state index in [0.29, 0.717) is 23.6 Å². The van der Waals surface area contributed by atoms with E-state index in [4.69, 9.17) is 21.6 Å². The second kappa shape index (κ2) is 5.23. The van der Waals surface area contributed by atoms with Gasteiger partial charge in [-0.1, -0.05) is 17.7 Å². The number of nitrogens with zero attached hydrogens (tertiary/aromatic N) is 1. The molecule has 0 unspecified atom stereocenters. The van der Waals surface area contributed by atoms with Gasteiger partial charge in [0.1, 0.15) is 5.75 Å². The first kappa shape index (κ1) is 11.4. The number of aryl methyl sites for hydroxylation is 1. The van der Waals surface area contributed by atoms with Crippen LogP contribution in [0.5, 0.6) is 5.75 Å². The van der Waals surface area contributed by atoms with Crippen LogP contribution in [0.2, 0.25) is 5.02 Å². The van der Waals surface area contributed by atoms with E-state index in [0.717, 1.165) is 10.0 Å². The Bertz CT molecular complexity index is 373. The zero-order valence-electron chi connectivity index (χ0n) is 7.68. The van der Waals surface area contributed by atoms with Gasteiger partial charge in [0.2, 0.25) is 0 Å². The van der Waals surface area contributed by atoms with E-state index in [1.807, 2.05) is 12.1 Å². The summed E-state index contributed by atoms with van der Waals surface area (Å²) < 4.78 is 5.99. The van der Waals surface area contributed by atoms with Crippen molar-refractivity contribution in [3.8, 4) is 11.8 Å². The molecule has 14 heavy (non-hydrogen) atoms. The fourth-order valence-electron chi connectivity index (χ4n) is 1.18. The minimum absolute atomic E-state index is 0.467. The number of ether oxygens (including phenoxy) is 1. The van der Waals surface area contributed by atoms with E-state index in [-0.39, 0.29) is 0 Å². The Morgan fingerprint density at radius 1 is 1.57 bits per heavy atom. The van der Waals surface area contributed by atoms with Crippen molar-refractivity contribution in [2.24, 2.45) is 0 Å². The molecule has 0 aliphatic rings. The molecule has 1 aromatic carbocycles. The number of benzene rings is 1. The van der Waals surface area contributed by atoms with Gasteiger partial charge in [0.05, 0.1) is 18.2 Å². The van der Waals surface area contributed by atoms with Gasteiger partial charge < -0.3 is 4.74 Å². The Hall–Kier alpha value is -0.720. The lowest BCUT2D eigenvalue weighted by molar-refractivity contribution is 0.409. The summed E-state index contributed by atoms with van der Waals surface area (Å²) >= 11 is 9.33. The van der Waals surface area contributed by atoms with E-state index in [2.05, 4.69) is 22.0 Å². The summed E-state index contributed by atoms with van der Waals surface area (Å²) in [5, 5.41) is 9.04. The van der Waals surface area contributed by atoms with E-state index in [1.54, 1.807) is 7.11 Å². The molecule has 2 nitrogen and oxygen atoms in total. The van der Waals surface area contributed by atoms with E-state index in [9.17, 15) is 0 Å². The summed E-state index contributed by atoms with van der Waals surface area (Å²) in [6, 6.07) is 5.86. The largest absolute Gasteiger partial charge is 0.495 e. The van der Waals surface area contributed by atoms with Crippen LogP contribution in [-0.4, -0.2) is 7.11 Å². The van der Waals surface area contributed by atoms with E-state index >= 15 is 0 Å². The van der Waals surface area contributed by atoms with Crippen molar-refractivity contribution in [3.63, 3.8) is 0 Å². The molecule has 0 aliphatic heterocycles. The smallest absolute Gasteiger partial charge is 0.141 e. The quantitative estimate of drug-likeness (QED) is 0.844. The lowest BCUT2D eigenvalue weighted by Crippen LogP contribution is -1.93. The summed E-state index contributed by atoms with van der Waals surface area (Å²) in [7, 11) is 1.57. The molecule has 0 saturated heterocycles. The average molecular weight is 275 g/mol. The molecule has 0 atom stereocenters. The van der Waals surface area contributed by atoms with Crippen molar-refractivity contribution in [2.45, 2.75) is 12.8 Å². The van der Waals surface area contributed by atoms with Gasteiger partial charge in [-0.2, -0.15) is 5.26 Å². The lowest BCUT2D eigenvalue weighted by atomic mass is 10.1. The van der Waals surface area contributed by atoms with Crippen LogP contribution in [0.15, 0.2) is 16.6 Å². The maximum absolute atomic E-state index is 8.48. The van der Waals surface area contributed by atoms with Crippen LogP contribution in [0.1, 0.15) is 12.0 Å². The highest BCUT2D eigenvalue weighted by Crippen LogP contribution is 2.35. The molecule has 0 amide bonds. The topological polar surface area (TPSA) is 33.0 Å². The molecule has 0 bridgehead atoms. The predicted molar refractivity (Wildman–Crippen MR) is 59.6 cm³/mol. The van der Waals surface area contributed by atoms with Crippen molar-refractivity contribution in [2.75, 3.05) is 7.11 Å². The first-order valence-electron chi connectivity index (χ1n) is 4.08. The first-order chi connectivity index (χ1) is 6.70. The molecule has 0 aromatic heterocycles. The summed E-state index contributed by atoms with van der Waals surface area (Å²) in [6.07, 6.45) is 1.13. The summed E-state index contributed by atoms with van der Waals surface area (Å²) in [5.41, 5.74) is 0.960. The van der Waals surface area contributed by atoms with Crippen molar-refractivity contribution in [1.82, 2.24) is 0 Å². The summed E-state index contributed by atoms with van der Waals surface area (Å²) in [5.74, 6) is 0.649.